The Hall–Kier alpha value is -0.930. The Morgan fingerprint density at radius 2 is 1.92 bits per heavy atom. The third kappa shape index (κ3) is 3.53. The molecule has 0 heterocycles. The molecule has 0 aliphatic heterocycles. The number of halogens is 1. The molecule has 0 fully saturated rings. The lowest BCUT2D eigenvalue weighted by atomic mass is 10.0. The van der Waals surface area contributed by atoms with Crippen LogP contribution in [0.15, 0.2) is 0 Å². The Balaban J connectivity index is 4.16. The van der Waals surface area contributed by atoms with E-state index in [0.717, 1.165) is 0 Å². The van der Waals surface area contributed by atoms with Gasteiger partial charge in [-0.05, 0) is 20.3 Å². The van der Waals surface area contributed by atoms with Crippen LogP contribution >= 0.6 is 0 Å². The number of rotatable bonds is 5. The fraction of sp³-hybridized carbons (Fsp3) is 0.778. The highest BCUT2D eigenvalue weighted by Crippen LogP contribution is 2.09. The molecule has 0 bridgehead atoms. The summed E-state index contributed by atoms with van der Waals surface area (Å²) < 4.78 is 17.4. The van der Waals surface area contributed by atoms with E-state index in [1.165, 1.54) is 6.92 Å². The number of Topliss-reactive ketones (excluding diaryl/α,β-unsaturated/α-hetero) is 1. The minimum atomic E-state index is -1.56. The number of hydrogen-bond acceptors (Lipinski definition) is 3. The van der Waals surface area contributed by atoms with Gasteiger partial charge in [-0.25, -0.2) is 4.39 Å². The molecule has 0 aliphatic rings. The first-order valence-corrected chi connectivity index (χ1v) is 4.39. The molecule has 0 aromatic heterocycles. The molecule has 0 radical (unpaired) electrons. The molecule has 13 heavy (non-hydrogen) atoms. The van der Waals surface area contributed by atoms with Gasteiger partial charge >= 0.3 is 5.97 Å². The van der Waals surface area contributed by atoms with Crippen LogP contribution in [0.25, 0.3) is 0 Å². The van der Waals surface area contributed by atoms with Crippen molar-refractivity contribution in [1.82, 2.24) is 0 Å². The molecule has 76 valence electrons. The molecule has 0 saturated heterocycles. The zero-order chi connectivity index (χ0) is 10.4. The van der Waals surface area contributed by atoms with Gasteiger partial charge < -0.3 is 4.74 Å². The smallest absolute Gasteiger partial charge is 0.316 e. The Labute approximate surface area is 77.3 Å². The van der Waals surface area contributed by atoms with Gasteiger partial charge in [-0.2, -0.15) is 0 Å². The molecule has 4 heteroatoms. The lowest BCUT2D eigenvalue weighted by molar-refractivity contribution is -0.152. The molecule has 0 spiro atoms. The Morgan fingerprint density at radius 1 is 1.38 bits per heavy atom. The molecule has 2 atom stereocenters. The summed E-state index contributed by atoms with van der Waals surface area (Å²) in [5.41, 5.74) is 0. The van der Waals surface area contributed by atoms with Crippen LogP contribution in [-0.2, 0) is 14.3 Å². The first-order valence-electron chi connectivity index (χ1n) is 4.39. The van der Waals surface area contributed by atoms with Gasteiger partial charge in [0.25, 0.3) is 0 Å². The fourth-order valence-corrected chi connectivity index (χ4v) is 0.856. The maximum Gasteiger partial charge on any atom is 0.316 e. The van der Waals surface area contributed by atoms with Gasteiger partial charge in [-0.15, -0.1) is 0 Å². The van der Waals surface area contributed by atoms with E-state index in [4.69, 9.17) is 0 Å². The van der Waals surface area contributed by atoms with E-state index in [1.807, 2.05) is 0 Å². The normalized spacial score (nSPS) is 14.8. The summed E-state index contributed by atoms with van der Waals surface area (Å²) in [5, 5.41) is 0. The van der Waals surface area contributed by atoms with E-state index < -0.39 is 23.8 Å². The van der Waals surface area contributed by atoms with E-state index in [9.17, 15) is 14.0 Å². The fourth-order valence-electron chi connectivity index (χ4n) is 0.856. The summed E-state index contributed by atoms with van der Waals surface area (Å²) in [6, 6.07) is 0. The Morgan fingerprint density at radius 3 is 2.31 bits per heavy atom. The van der Waals surface area contributed by atoms with Crippen LogP contribution in [0.1, 0.15) is 27.2 Å². The molecule has 3 nitrogen and oxygen atoms in total. The maximum atomic E-state index is 12.8. The molecule has 0 aromatic rings. The quantitative estimate of drug-likeness (QED) is 0.487. The van der Waals surface area contributed by atoms with E-state index in [1.54, 1.807) is 13.8 Å². The first-order chi connectivity index (χ1) is 6.04. The average molecular weight is 190 g/mol. The van der Waals surface area contributed by atoms with Gasteiger partial charge in [-0.1, -0.05) is 6.92 Å². The van der Waals surface area contributed by atoms with Crippen LogP contribution in [0.4, 0.5) is 4.39 Å². The van der Waals surface area contributed by atoms with Crippen molar-refractivity contribution < 1.29 is 18.7 Å². The Kier molecular flexibility index (Phi) is 5.26. The second-order valence-electron chi connectivity index (χ2n) is 2.75. The van der Waals surface area contributed by atoms with Crippen molar-refractivity contribution in [3.05, 3.63) is 0 Å². The van der Waals surface area contributed by atoms with Gasteiger partial charge in [0.05, 0.1) is 6.61 Å². The summed E-state index contributed by atoms with van der Waals surface area (Å²) >= 11 is 0. The third-order valence-corrected chi connectivity index (χ3v) is 1.73. The summed E-state index contributed by atoms with van der Waals surface area (Å²) in [6.45, 7) is 4.77. The van der Waals surface area contributed by atoms with Crippen molar-refractivity contribution in [3.8, 4) is 0 Å². The molecule has 0 aliphatic carbocycles. The Bertz CT molecular complexity index is 191. The lowest BCUT2D eigenvalue weighted by Gasteiger charge is -2.10. The summed E-state index contributed by atoms with van der Waals surface area (Å²) in [4.78, 5) is 22.1. The molecular formula is C9H15FO3. The highest BCUT2D eigenvalue weighted by molar-refractivity contribution is 6.00. The topological polar surface area (TPSA) is 43.4 Å². The van der Waals surface area contributed by atoms with Crippen molar-refractivity contribution in [3.63, 3.8) is 0 Å². The first kappa shape index (κ1) is 12.1. The predicted octanol–water partition coefficient (Wildman–Crippen LogP) is 1.50. The highest BCUT2D eigenvalue weighted by Gasteiger charge is 2.28. The van der Waals surface area contributed by atoms with Gasteiger partial charge in [0.2, 0.25) is 0 Å². The second-order valence-corrected chi connectivity index (χ2v) is 2.75. The molecule has 0 N–H and O–H groups in total. The van der Waals surface area contributed by atoms with Crippen molar-refractivity contribution >= 4 is 11.8 Å². The molecule has 2 unspecified atom stereocenters. The molecular weight excluding hydrogens is 175 g/mol. The van der Waals surface area contributed by atoms with Crippen LogP contribution in [0, 0.1) is 5.92 Å². The van der Waals surface area contributed by atoms with Crippen LogP contribution < -0.4 is 0 Å². The molecule has 0 aromatic carbocycles. The van der Waals surface area contributed by atoms with E-state index in [2.05, 4.69) is 4.74 Å². The monoisotopic (exact) mass is 190 g/mol. The number of ketones is 1. The second kappa shape index (κ2) is 5.67. The minimum Gasteiger partial charge on any atom is -0.465 e. The minimum absolute atomic E-state index is 0.0998. The van der Waals surface area contributed by atoms with Gasteiger partial charge in [0.1, 0.15) is 5.92 Å². The largest absolute Gasteiger partial charge is 0.465 e. The SMILES string of the molecule is CCOC(=O)C(C)C(=O)C(F)CC. The van der Waals surface area contributed by atoms with Crippen molar-refractivity contribution in [2.24, 2.45) is 5.92 Å². The summed E-state index contributed by atoms with van der Waals surface area (Å²) in [7, 11) is 0. The van der Waals surface area contributed by atoms with E-state index in [0.29, 0.717) is 0 Å². The standard InChI is InChI=1S/C9H15FO3/c1-4-7(10)8(11)6(3)9(12)13-5-2/h6-7H,4-5H2,1-3H3. The zero-order valence-electron chi connectivity index (χ0n) is 8.17. The summed E-state index contributed by atoms with van der Waals surface area (Å²) in [5.74, 6) is -2.33. The van der Waals surface area contributed by atoms with Crippen molar-refractivity contribution in [2.45, 2.75) is 33.4 Å². The van der Waals surface area contributed by atoms with Crippen LogP contribution in [0.5, 0.6) is 0 Å². The van der Waals surface area contributed by atoms with E-state index in [-0.39, 0.29) is 13.0 Å². The molecule has 0 rings (SSSR count). The van der Waals surface area contributed by atoms with Gasteiger partial charge in [0, 0.05) is 0 Å². The van der Waals surface area contributed by atoms with Gasteiger partial charge in [0.15, 0.2) is 12.0 Å². The summed E-state index contributed by atoms with van der Waals surface area (Å²) in [6.07, 6.45) is -1.46. The number of ether oxygens (including phenoxy) is 1. The van der Waals surface area contributed by atoms with Crippen LogP contribution in [-0.4, -0.2) is 24.5 Å². The predicted molar refractivity (Wildman–Crippen MR) is 46.0 cm³/mol. The van der Waals surface area contributed by atoms with Gasteiger partial charge in [-0.3, -0.25) is 9.59 Å². The van der Waals surface area contributed by atoms with Crippen molar-refractivity contribution in [2.75, 3.05) is 6.61 Å². The lowest BCUT2D eigenvalue weighted by Crippen LogP contribution is -2.29. The third-order valence-electron chi connectivity index (χ3n) is 1.73. The number of hydrogen-bond donors (Lipinski definition) is 0. The van der Waals surface area contributed by atoms with Crippen LogP contribution in [0.2, 0.25) is 0 Å². The maximum absolute atomic E-state index is 12.8. The van der Waals surface area contributed by atoms with E-state index >= 15 is 0 Å². The van der Waals surface area contributed by atoms with Crippen molar-refractivity contribution in [1.29, 1.82) is 0 Å². The van der Waals surface area contributed by atoms with Crippen LogP contribution in [0.3, 0.4) is 0 Å². The molecule has 0 saturated carbocycles. The molecule has 0 amide bonds. The number of carbonyl (C=O) groups is 2. The number of alkyl halides is 1. The highest BCUT2D eigenvalue weighted by atomic mass is 19.1. The zero-order valence-corrected chi connectivity index (χ0v) is 8.17. The average Bonchev–Trinajstić information content (AvgIpc) is 2.14. The number of esters is 1. The number of carbonyl (C=O) groups excluding carboxylic acids is 2.